The van der Waals surface area contributed by atoms with Gasteiger partial charge in [0.15, 0.2) is 0 Å². The van der Waals surface area contributed by atoms with Gasteiger partial charge in [-0.3, -0.25) is 0 Å². The molecule has 62 valence electrons. The fraction of sp³-hybridized carbons (Fsp3) is 0. The van der Waals surface area contributed by atoms with Gasteiger partial charge in [0, 0.05) is 11.5 Å². The van der Waals surface area contributed by atoms with Crippen LogP contribution in [-0.2, 0) is 0 Å². The fourth-order valence-corrected chi connectivity index (χ4v) is 1.01. The van der Waals surface area contributed by atoms with Crippen molar-refractivity contribution in [2.24, 2.45) is 0 Å². The zero-order valence-electron chi connectivity index (χ0n) is 5.78. The molecule has 0 aliphatic rings. The summed E-state index contributed by atoms with van der Waals surface area (Å²) < 4.78 is 4.91. The summed E-state index contributed by atoms with van der Waals surface area (Å²) >= 11 is 0. The maximum absolute atomic E-state index is 10.7. The van der Waals surface area contributed by atoms with E-state index in [1.165, 1.54) is 6.07 Å². The first-order chi connectivity index (χ1) is 5.36. The zero-order chi connectivity index (χ0) is 7.68. The Morgan fingerprint density at radius 3 is 2.58 bits per heavy atom. The van der Waals surface area contributed by atoms with Crippen molar-refractivity contribution in [3.05, 3.63) is 46.8 Å². The fourth-order valence-electron chi connectivity index (χ4n) is 1.01. The van der Waals surface area contributed by atoms with Crippen LogP contribution in [0.2, 0.25) is 0 Å². The molecule has 1 aromatic heterocycles. The van der Waals surface area contributed by atoms with Crippen LogP contribution >= 0.6 is 0 Å². The molecule has 0 saturated carbocycles. The normalized spacial score (nSPS) is 9.33. The Morgan fingerprint density at radius 2 is 1.75 bits per heavy atom. The van der Waals surface area contributed by atoms with Crippen molar-refractivity contribution in [3.8, 4) is 0 Å². The Morgan fingerprint density at radius 1 is 1.00 bits per heavy atom. The third kappa shape index (κ3) is 1.58. The third-order valence-corrected chi connectivity index (χ3v) is 1.53. The van der Waals surface area contributed by atoms with Crippen LogP contribution in [0.5, 0.6) is 0 Å². The molecule has 2 aromatic rings. The minimum atomic E-state index is -0.302. The van der Waals surface area contributed by atoms with E-state index in [9.17, 15) is 4.79 Å². The Balaban J connectivity index is 0.000000720. The minimum absolute atomic E-state index is 0. The Bertz CT molecular complexity index is 433. The second-order valence-corrected chi connectivity index (χ2v) is 2.29. The molecule has 0 atom stereocenters. The molecule has 0 radical (unpaired) electrons. The van der Waals surface area contributed by atoms with Gasteiger partial charge in [0.1, 0.15) is 5.58 Å². The first-order valence-electron chi connectivity index (χ1n) is 3.35. The Kier molecular flexibility index (Phi) is 2.71. The quantitative estimate of drug-likeness (QED) is 0.476. The number of hydrogen-bond donors (Lipinski definition) is 0. The van der Waals surface area contributed by atoms with E-state index in [1.807, 2.05) is 18.2 Å². The number of rotatable bonds is 0. The third-order valence-electron chi connectivity index (χ3n) is 1.53. The molecule has 12 heavy (non-hydrogen) atoms. The first kappa shape index (κ1) is 9.06. The first-order valence-corrected chi connectivity index (χ1v) is 3.35. The summed E-state index contributed by atoms with van der Waals surface area (Å²) in [6.07, 6.45) is 0. The van der Waals surface area contributed by atoms with E-state index in [2.05, 4.69) is 0 Å². The monoisotopic (exact) mass is 224 g/mol. The van der Waals surface area contributed by atoms with Gasteiger partial charge in [0.2, 0.25) is 0 Å². The second kappa shape index (κ2) is 3.58. The molecular formula is C9H10GeO2. The van der Waals surface area contributed by atoms with E-state index in [1.54, 1.807) is 12.1 Å². The molecule has 0 bridgehead atoms. The van der Waals surface area contributed by atoms with E-state index in [0.29, 0.717) is 5.58 Å². The number of hydrogen-bond acceptors (Lipinski definition) is 2. The standard InChI is InChI=1S/C9H6O2.GeH4/c10-9-6-5-7-3-1-2-4-8(7)11-9;/h1-6H;1H4. The molecule has 0 aliphatic carbocycles. The number of benzene rings is 1. The number of fused-ring (bicyclic) bond motifs is 1. The molecular weight excluding hydrogens is 213 g/mol. The summed E-state index contributed by atoms with van der Waals surface area (Å²) in [6, 6.07) is 10.6. The second-order valence-electron chi connectivity index (χ2n) is 2.29. The van der Waals surface area contributed by atoms with Crippen molar-refractivity contribution in [1.29, 1.82) is 0 Å². The Labute approximate surface area is 80.2 Å². The van der Waals surface area contributed by atoms with Gasteiger partial charge >= 0.3 is 23.2 Å². The topological polar surface area (TPSA) is 30.2 Å². The van der Waals surface area contributed by atoms with Gasteiger partial charge in [0.05, 0.1) is 0 Å². The van der Waals surface area contributed by atoms with Gasteiger partial charge in [-0.15, -0.1) is 0 Å². The van der Waals surface area contributed by atoms with Crippen LogP contribution in [0.15, 0.2) is 45.6 Å². The molecule has 1 heterocycles. The maximum atomic E-state index is 10.7. The van der Waals surface area contributed by atoms with Gasteiger partial charge in [-0.25, -0.2) is 4.79 Å². The SMILES string of the molecule is O=c1ccc2ccccc2o1.[GeH4]. The van der Waals surface area contributed by atoms with Gasteiger partial charge < -0.3 is 4.42 Å². The van der Waals surface area contributed by atoms with Gasteiger partial charge in [-0.1, -0.05) is 18.2 Å². The van der Waals surface area contributed by atoms with Crippen molar-refractivity contribution < 1.29 is 4.42 Å². The summed E-state index contributed by atoms with van der Waals surface area (Å²) in [5.41, 5.74) is 0.337. The molecule has 1 aromatic carbocycles. The predicted molar refractivity (Wildman–Crippen MR) is 53.8 cm³/mol. The Hall–Kier alpha value is -1.03. The van der Waals surface area contributed by atoms with E-state index >= 15 is 0 Å². The van der Waals surface area contributed by atoms with Crippen LogP contribution < -0.4 is 5.63 Å². The average Bonchev–Trinajstić information content (AvgIpc) is 2.04. The summed E-state index contributed by atoms with van der Waals surface area (Å²) in [4.78, 5) is 10.7. The molecule has 0 fully saturated rings. The van der Waals surface area contributed by atoms with E-state index in [0.717, 1.165) is 5.39 Å². The number of para-hydroxylation sites is 1. The average molecular weight is 223 g/mol. The van der Waals surface area contributed by atoms with Crippen LogP contribution in [0, 0.1) is 0 Å². The van der Waals surface area contributed by atoms with Gasteiger partial charge in [-0.2, -0.15) is 0 Å². The van der Waals surface area contributed by atoms with E-state index in [4.69, 9.17) is 4.42 Å². The molecule has 0 spiro atoms. The molecule has 0 aliphatic heterocycles. The predicted octanol–water partition coefficient (Wildman–Crippen LogP) is 0.341. The molecule has 0 unspecified atom stereocenters. The molecule has 0 amide bonds. The van der Waals surface area contributed by atoms with Gasteiger partial charge in [-0.05, 0) is 12.1 Å². The van der Waals surface area contributed by atoms with E-state index in [-0.39, 0.29) is 23.2 Å². The molecule has 2 nitrogen and oxygen atoms in total. The van der Waals surface area contributed by atoms with Crippen molar-refractivity contribution in [2.45, 2.75) is 0 Å². The zero-order valence-corrected chi connectivity index (χ0v) is 5.78. The molecule has 0 N–H and O–H groups in total. The van der Waals surface area contributed by atoms with Crippen LogP contribution in [0.3, 0.4) is 0 Å². The summed E-state index contributed by atoms with van der Waals surface area (Å²) in [6.45, 7) is 0. The molecule has 0 saturated heterocycles. The summed E-state index contributed by atoms with van der Waals surface area (Å²) in [5.74, 6) is 0. The molecule has 2 rings (SSSR count). The summed E-state index contributed by atoms with van der Waals surface area (Å²) in [5, 5.41) is 0.951. The van der Waals surface area contributed by atoms with Gasteiger partial charge in [0.25, 0.3) is 0 Å². The van der Waals surface area contributed by atoms with Crippen molar-refractivity contribution in [3.63, 3.8) is 0 Å². The van der Waals surface area contributed by atoms with Crippen LogP contribution in [0.4, 0.5) is 0 Å². The molecule has 3 heteroatoms. The van der Waals surface area contributed by atoms with Crippen molar-refractivity contribution in [2.75, 3.05) is 0 Å². The summed E-state index contributed by atoms with van der Waals surface area (Å²) in [7, 11) is 0. The van der Waals surface area contributed by atoms with Crippen LogP contribution in [-0.4, -0.2) is 17.6 Å². The van der Waals surface area contributed by atoms with Crippen LogP contribution in [0.1, 0.15) is 0 Å². The van der Waals surface area contributed by atoms with Crippen molar-refractivity contribution in [1.82, 2.24) is 0 Å². The van der Waals surface area contributed by atoms with Crippen LogP contribution in [0.25, 0.3) is 11.0 Å². The van der Waals surface area contributed by atoms with Crippen molar-refractivity contribution >= 4 is 28.6 Å². The van der Waals surface area contributed by atoms with E-state index < -0.39 is 0 Å².